The quantitative estimate of drug-likeness (QED) is 0.906. The summed E-state index contributed by atoms with van der Waals surface area (Å²) in [6.07, 6.45) is 3.40. The lowest BCUT2D eigenvalue weighted by molar-refractivity contribution is 0.357. The molecule has 3 unspecified atom stereocenters. The predicted octanol–water partition coefficient (Wildman–Crippen LogP) is 3.76. The molecule has 1 aliphatic heterocycles. The van der Waals surface area contributed by atoms with Gasteiger partial charge in [0, 0.05) is 24.8 Å². The van der Waals surface area contributed by atoms with E-state index in [1.54, 1.807) is 0 Å². The molecule has 112 valence electrons. The Kier molecular flexibility index (Phi) is 5.09. The van der Waals surface area contributed by atoms with E-state index in [0.717, 1.165) is 24.7 Å². The molecule has 0 amide bonds. The molecule has 2 N–H and O–H groups in total. The maximum Gasteiger partial charge on any atom is 0.0369 e. The zero-order valence-corrected chi connectivity index (χ0v) is 13.5. The van der Waals surface area contributed by atoms with Gasteiger partial charge in [-0.15, -0.1) is 0 Å². The van der Waals surface area contributed by atoms with Gasteiger partial charge in [0.15, 0.2) is 0 Å². The first-order valence-electron chi connectivity index (χ1n) is 8.09. The summed E-state index contributed by atoms with van der Waals surface area (Å²) in [6, 6.07) is 7.21. The van der Waals surface area contributed by atoms with Gasteiger partial charge in [-0.25, -0.2) is 0 Å². The Hall–Kier alpha value is -1.02. The van der Waals surface area contributed by atoms with Crippen LogP contribution in [0.1, 0.15) is 44.7 Å². The summed E-state index contributed by atoms with van der Waals surface area (Å²) < 4.78 is 0. The number of rotatable bonds is 4. The lowest BCUT2D eigenvalue weighted by Gasteiger charge is -2.37. The Bertz CT molecular complexity index is 431. The number of nitrogens with zero attached hydrogens (tertiary/aromatic N) is 1. The van der Waals surface area contributed by atoms with Gasteiger partial charge in [0.25, 0.3) is 0 Å². The average Bonchev–Trinajstić information content (AvgIpc) is 2.39. The van der Waals surface area contributed by atoms with Crippen LogP contribution in [0.3, 0.4) is 0 Å². The molecule has 1 aromatic carbocycles. The van der Waals surface area contributed by atoms with Gasteiger partial charge in [-0.05, 0) is 61.3 Å². The van der Waals surface area contributed by atoms with Crippen molar-refractivity contribution in [2.45, 2.75) is 53.0 Å². The van der Waals surface area contributed by atoms with Crippen molar-refractivity contribution in [3.8, 4) is 0 Å². The Morgan fingerprint density at radius 2 is 1.90 bits per heavy atom. The maximum atomic E-state index is 6.08. The van der Waals surface area contributed by atoms with Crippen LogP contribution in [-0.4, -0.2) is 19.1 Å². The van der Waals surface area contributed by atoms with Gasteiger partial charge in [0.1, 0.15) is 0 Å². The van der Waals surface area contributed by atoms with Crippen LogP contribution in [0.5, 0.6) is 0 Å². The number of benzene rings is 1. The van der Waals surface area contributed by atoms with Gasteiger partial charge in [0.05, 0.1) is 0 Å². The lowest BCUT2D eigenvalue weighted by atomic mass is 9.91. The first kappa shape index (κ1) is 15.4. The van der Waals surface area contributed by atoms with E-state index in [9.17, 15) is 0 Å². The van der Waals surface area contributed by atoms with Crippen LogP contribution in [0.4, 0.5) is 5.69 Å². The van der Waals surface area contributed by atoms with E-state index in [0.29, 0.717) is 0 Å². The smallest absolute Gasteiger partial charge is 0.0369 e. The number of aryl methyl sites for hydroxylation is 1. The molecule has 3 atom stereocenters. The summed E-state index contributed by atoms with van der Waals surface area (Å²) in [4.78, 5) is 2.55. The van der Waals surface area contributed by atoms with E-state index < -0.39 is 0 Å². The van der Waals surface area contributed by atoms with Crippen LogP contribution in [0.2, 0.25) is 0 Å². The highest BCUT2D eigenvalue weighted by molar-refractivity contribution is 5.51. The topological polar surface area (TPSA) is 29.3 Å². The summed E-state index contributed by atoms with van der Waals surface area (Å²) in [5.74, 6) is 1.60. The SMILES string of the molecule is CCC(N)Cc1ccc(N2CC(C)CC(C)C2)cc1C. The third-order valence-corrected chi connectivity index (χ3v) is 4.57. The van der Waals surface area contributed by atoms with Gasteiger partial charge < -0.3 is 10.6 Å². The molecule has 0 saturated carbocycles. The van der Waals surface area contributed by atoms with Crippen molar-refractivity contribution in [3.05, 3.63) is 29.3 Å². The minimum absolute atomic E-state index is 0.287. The first-order valence-corrected chi connectivity index (χ1v) is 8.09. The fraction of sp³-hybridized carbons (Fsp3) is 0.667. The molecule has 0 spiro atoms. The summed E-state index contributed by atoms with van der Waals surface area (Å²) in [5, 5.41) is 0. The van der Waals surface area contributed by atoms with Crippen LogP contribution in [0.15, 0.2) is 18.2 Å². The molecule has 2 rings (SSSR count). The van der Waals surface area contributed by atoms with Crippen molar-refractivity contribution in [1.82, 2.24) is 0 Å². The van der Waals surface area contributed by atoms with Crippen molar-refractivity contribution < 1.29 is 0 Å². The summed E-state index contributed by atoms with van der Waals surface area (Å²) in [7, 11) is 0. The van der Waals surface area contributed by atoms with E-state index in [1.165, 1.54) is 36.3 Å². The largest absolute Gasteiger partial charge is 0.371 e. The predicted molar refractivity (Wildman–Crippen MR) is 88.3 cm³/mol. The molecule has 2 nitrogen and oxygen atoms in total. The van der Waals surface area contributed by atoms with Gasteiger partial charge in [-0.2, -0.15) is 0 Å². The summed E-state index contributed by atoms with van der Waals surface area (Å²) >= 11 is 0. The van der Waals surface area contributed by atoms with Gasteiger partial charge in [0.2, 0.25) is 0 Å². The van der Waals surface area contributed by atoms with Crippen molar-refractivity contribution in [1.29, 1.82) is 0 Å². The number of hydrogen-bond acceptors (Lipinski definition) is 2. The summed E-state index contributed by atoms with van der Waals surface area (Å²) in [6.45, 7) is 11.5. The van der Waals surface area contributed by atoms with E-state index in [4.69, 9.17) is 5.73 Å². The molecule has 0 radical (unpaired) electrons. The number of hydrogen-bond donors (Lipinski definition) is 1. The van der Waals surface area contributed by atoms with Crippen LogP contribution in [0.25, 0.3) is 0 Å². The maximum absolute atomic E-state index is 6.08. The van der Waals surface area contributed by atoms with Gasteiger partial charge >= 0.3 is 0 Å². The minimum atomic E-state index is 0.287. The lowest BCUT2D eigenvalue weighted by Crippen LogP contribution is -2.38. The molecule has 1 fully saturated rings. The number of anilines is 1. The van der Waals surface area contributed by atoms with Gasteiger partial charge in [-0.3, -0.25) is 0 Å². The number of nitrogens with two attached hydrogens (primary N) is 1. The Morgan fingerprint density at radius 1 is 1.25 bits per heavy atom. The van der Waals surface area contributed by atoms with E-state index in [-0.39, 0.29) is 6.04 Å². The molecule has 1 aliphatic rings. The Morgan fingerprint density at radius 3 is 2.45 bits per heavy atom. The van der Waals surface area contributed by atoms with E-state index in [2.05, 4.69) is 50.8 Å². The molecule has 0 aliphatic carbocycles. The van der Waals surface area contributed by atoms with Crippen molar-refractivity contribution in [3.63, 3.8) is 0 Å². The number of piperidine rings is 1. The van der Waals surface area contributed by atoms with Crippen LogP contribution < -0.4 is 10.6 Å². The highest BCUT2D eigenvalue weighted by atomic mass is 15.1. The van der Waals surface area contributed by atoms with Crippen molar-refractivity contribution >= 4 is 5.69 Å². The zero-order valence-electron chi connectivity index (χ0n) is 13.5. The molecule has 1 saturated heterocycles. The third kappa shape index (κ3) is 3.76. The van der Waals surface area contributed by atoms with Crippen LogP contribution in [-0.2, 0) is 6.42 Å². The fourth-order valence-electron chi connectivity index (χ4n) is 3.41. The fourth-order valence-corrected chi connectivity index (χ4v) is 3.41. The van der Waals surface area contributed by atoms with Crippen LogP contribution in [0, 0.1) is 18.8 Å². The summed E-state index contributed by atoms with van der Waals surface area (Å²) in [5.41, 5.74) is 10.3. The van der Waals surface area contributed by atoms with Gasteiger partial charge in [-0.1, -0.05) is 26.8 Å². The minimum Gasteiger partial charge on any atom is -0.371 e. The molecule has 20 heavy (non-hydrogen) atoms. The molecule has 0 aromatic heterocycles. The highest BCUT2D eigenvalue weighted by Crippen LogP contribution is 2.28. The monoisotopic (exact) mass is 274 g/mol. The molecule has 2 heteroatoms. The standard InChI is InChI=1S/C18H30N2/c1-5-17(19)10-16-6-7-18(9-15(16)4)20-11-13(2)8-14(3)12-20/h6-7,9,13-14,17H,5,8,10-12,19H2,1-4H3. The molecular weight excluding hydrogens is 244 g/mol. The van der Waals surface area contributed by atoms with Crippen molar-refractivity contribution in [2.24, 2.45) is 17.6 Å². The van der Waals surface area contributed by atoms with Crippen LogP contribution >= 0.6 is 0 Å². The molecule has 1 aromatic rings. The second-order valence-electron chi connectivity index (χ2n) is 6.83. The zero-order chi connectivity index (χ0) is 14.7. The highest BCUT2D eigenvalue weighted by Gasteiger charge is 2.22. The van der Waals surface area contributed by atoms with Crippen molar-refractivity contribution in [2.75, 3.05) is 18.0 Å². The Balaban J connectivity index is 2.12. The second-order valence-corrected chi connectivity index (χ2v) is 6.83. The van der Waals surface area contributed by atoms with E-state index >= 15 is 0 Å². The molecule has 0 bridgehead atoms. The van der Waals surface area contributed by atoms with E-state index in [1.807, 2.05) is 0 Å². The normalized spacial score (nSPS) is 24.8. The Labute approximate surface area is 124 Å². The molecule has 1 heterocycles. The first-order chi connectivity index (χ1) is 9.49. The average molecular weight is 274 g/mol. The third-order valence-electron chi connectivity index (χ3n) is 4.57. The second kappa shape index (κ2) is 6.62. The molecular formula is C18H30N2.